The molecule has 2 N–H and O–H groups in total. The van der Waals surface area contributed by atoms with E-state index in [9.17, 15) is 14.4 Å². The number of esters is 1. The fraction of sp³-hybridized carbons (Fsp3) is 0.348. The van der Waals surface area contributed by atoms with Crippen molar-refractivity contribution in [3.8, 4) is 0 Å². The maximum absolute atomic E-state index is 12.8. The highest BCUT2D eigenvalue weighted by Crippen LogP contribution is 2.24. The van der Waals surface area contributed by atoms with Crippen LogP contribution < -0.4 is 10.6 Å². The molecular formula is C23H26N2O5. The summed E-state index contributed by atoms with van der Waals surface area (Å²) in [6.45, 7) is 5.28. The van der Waals surface area contributed by atoms with E-state index in [4.69, 9.17) is 9.47 Å². The normalized spacial score (nSPS) is 14.4. The van der Waals surface area contributed by atoms with E-state index in [1.54, 1.807) is 63.2 Å². The Morgan fingerprint density at radius 1 is 1.00 bits per heavy atom. The van der Waals surface area contributed by atoms with Crippen molar-refractivity contribution in [1.82, 2.24) is 5.32 Å². The Kier molecular flexibility index (Phi) is 6.40. The molecule has 0 bridgehead atoms. The van der Waals surface area contributed by atoms with Crippen LogP contribution in [-0.4, -0.2) is 29.6 Å². The minimum Gasteiger partial charge on any atom is -0.444 e. The monoisotopic (exact) mass is 410 g/mol. The number of carbonyl (C=O) groups is 3. The smallest absolute Gasteiger partial charge is 0.412 e. The first kappa shape index (κ1) is 21.4. The van der Waals surface area contributed by atoms with Gasteiger partial charge in [0.05, 0.1) is 5.56 Å². The summed E-state index contributed by atoms with van der Waals surface area (Å²) < 4.78 is 10.8. The second-order valence-electron chi connectivity index (χ2n) is 8.19. The summed E-state index contributed by atoms with van der Waals surface area (Å²) in [6.07, 6.45) is 0.180. The SMILES string of the molecule is CC(C)(C)OC(=O)Nc1cccc(C(=O)O[C@@H](C(=O)NC2CC2)c2ccccc2)c1. The number of amides is 2. The Bertz CT molecular complexity index is 917. The Balaban J connectivity index is 1.72. The van der Waals surface area contributed by atoms with Gasteiger partial charge in [0.15, 0.2) is 0 Å². The van der Waals surface area contributed by atoms with Crippen molar-refractivity contribution in [2.75, 3.05) is 5.32 Å². The van der Waals surface area contributed by atoms with Gasteiger partial charge in [-0.3, -0.25) is 10.1 Å². The molecule has 0 aromatic heterocycles. The minimum atomic E-state index is -1.05. The molecule has 0 heterocycles. The number of hydrogen-bond donors (Lipinski definition) is 2. The van der Waals surface area contributed by atoms with Gasteiger partial charge < -0.3 is 14.8 Å². The molecule has 7 nitrogen and oxygen atoms in total. The summed E-state index contributed by atoms with van der Waals surface area (Å²) in [4.78, 5) is 37.4. The number of anilines is 1. The van der Waals surface area contributed by atoms with Gasteiger partial charge >= 0.3 is 12.1 Å². The number of benzene rings is 2. The molecule has 2 aromatic rings. The third-order valence-corrected chi connectivity index (χ3v) is 4.23. The van der Waals surface area contributed by atoms with Crippen molar-refractivity contribution in [2.45, 2.75) is 51.4 Å². The van der Waals surface area contributed by atoms with Crippen molar-refractivity contribution in [1.29, 1.82) is 0 Å². The number of nitrogens with one attached hydrogen (secondary N) is 2. The zero-order valence-electron chi connectivity index (χ0n) is 17.3. The topological polar surface area (TPSA) is 93.7 Å². The summed E-state index contributed by atoms with van der Waals surface area (Å²) in [5, 5.41) is 5.47. The standard InChI is InChI=1S/C23H26N2O5/c1-23(2,3)30-22(28)25-18-11-7-10-16(14-18)21(27)29-19(15-8-5-4-6-9-15)20(26)24-17-12-13-17/h4-11,14,17,19H,12-13H2,1-3H3,(H,24,26)(H,25,28)/t19-/m1/s1. The highest BCUT2D eigenvalue weighted by molar-refractivity contribution is 5.94. The zero-order chi connectivity index (χ0) is 21.7. The first-order valence-corrected chi connectivity index (χ1v) is 9.88. The fourth-order valence-electron chi connectivity index (χ4n) is 2.73. The van der Waals surface area contributed by atoms with Crippen LogP contribution in [0.25, 0.3) is 0 Å². The van der Waals surface area contributed by atoms with Gasteiger partial charge in [0.1, 0.15) is 5.60 Å². The molecular weight excluding hydrogens is 384 g/mol. The maximum Gasteiger partial charge on any atom is 0.412 e. The second kappa shape index (κ2) is 8.98. The van der Waals surface area contributed by atoms with Crippen molar-refractivity contribution < 1.29 is 23.9 Å². The van der Waals surface area contributed by atoms with Gasteiger partial charge in [0.2, 0.25) is 6.10 Å². The van der Waals surface area contributed by atoms with Gasteiger partial charge in [-0.05, 0) is 51.8 Å². The predicted molar refractivity (Wildman–Crippen MR) is 112 cm³/mol. The molecule has 7 heteroatoms. The highest BCUT2D eigenvalue weighted by atomic mass is 16.6. The summed E-state index contributed by atoms with van der Waals surface area (Å²) in [7, 11) is 0. The van der Waals surface area contributed by atoms with E-state index in [0.29, 0.717) is 11.3 Å². The molecule has 0 radical (unpaired) electrons. The first-order valence-electron chi connectivity index (χ1n) is 9.88. The first-order chi connectivity index (χ1) is 14.2. The summed E-state index contributed by atoms with van der Waals surface area (Å²) in [5.74, 6) is -1.01. The molecule has 3 rings (SSSR count). The van der Waals surface area contributed by atoms with Crippen molar-refractivity contribution in [2.24, 2.45) is 0 Å². The Morgan fingerprint density at radius 2 is 1.70 bits per heavy atom. The van der Waals surface area contributed by atoms with Crippen molar-refractivity contribution in [3.63, 3.8) is 0 Å². The lowest BCUT2D eigenvalue weighted by Crippen LogP contribution is -2.33. The molecule has 2 aromatic carbocycles. The largest absolute Gasteiger partial charge is 0.444 e. The lowest BCUT2D eigenvalue weighted by Gasteiger charge is -2.20. The molecule has 1 aliphatic rings. The molecule has 1 fully saturated rings. The molecule has 0 aliphatic heterocycles. The van der Waals surface area contributed by atoms with E-state index in [-0.39, 0.29) is 17.5 Å². The number of rotatable bonds is 6. The molecule has 1 atom stereocenters. The molecule has 1 saturated carbocycles. The fourth-order valence-corrected chi connectivity index (χ4v) is 2.73. The predicted octanol–water partition coefficient (Wildman–Crippen LogP) is 4.21. The quantitative estimate of drug-likeness (QED) is 0.696. The highest BCUT2D eigenvalue weighted by Gasteiger charge is 2.31. The van der Waals surface area contributed by atoms with Crippen LogP contribution in [-0.2, 0) is 14.3 Å². The number of carbonyl (C=O) groups excluding carboxylic acids is 3. The van der Waals surface area contributed by atoms with Crippen LogP contribution in [0.2, 0.25) is 0 Å². The number of ether oxygens (including phenoxy) is 2. The molecule has 1 aliphatic carbocycles. The molecule has 0 saturated heterocycles. The van der Waals surface area contributed by atoms with E-state index >= 15 is 0 Å². The summed E-state index contributed by atoms with van der Waals surface area (Å²) in [5.41, 5.74) is 0.548. The van der Waals surface area contributed by atoms with Gasteiger partial charge in [-0.2, -0.15) is 0 Å². The van der Waals surface area contributed by atoms with Gasteiger partial charge in [0, 0.05) is 17.3 Å². The lowest BCUT2D eigenvalue weighted by molar-refractivity contribution is -0.130. The van der Waals surface area contributed by atoms with E-state index in [0.717, 1.165) is 12.8 Å². The Morgan fingerprint density at radius 3 is 2.33 bits per heavy atom. The third-order valence-electron chi connectivity index (χ3n) is 4.23. The summed E-state index contributed by atoms with van der Waals surface area (Å²) in [6, 6.07) is 15.3. The van der Waals surface area contributed by atoms with E-state index in [1.807, 2.05) is 6.07 Å². The van der Waals surface area contributed by atoms with Gasteiger partial charge in [-0.25, -0.2) is 9.59 Å². The van der Waals surface area contributed by atoms with E-state index in [1.165, 1.54) is 6.07 Å². The van der Waals surface area contributed by atoms with E-state index in [2.05, 4.69) is 10.6 Å². The van der Waals surface area contributed by atoms with Crippen LogP contribution >= 0.6 is 0 Å². The van der Waals surface area contributed by atoms with Crippen LogP contribution in [0.5, 0.6) is 0 Å². The van der Waals surface area contributed by atoms with Crippen LogP contribution in [0.4, 0.5) is 10.5 Å². The van der Waals surface area contributed by atoms with Crippen LogP contribution in [0.1, 0.15) is 55.6 Å². The lowest BCUT2D eigenvalue weighted by atomic mass is 10.1. The second-order valence-corrected chi connectivity index (χ2v) is 8.19. The molecule has 30 heavy (non-hydrogen) atoms. The molecule has 2 amide bonds. The molecule has 0 spiro atoms. The van der Waals surface area contributed by atoms with Gasteiger partial charge in [-0.15, -0.1) is 0 Å². The molecule has 158 valence electrons. The van der Waals surface area contributed by atoms with Crippen molar-refractivity contribution >= 4 is 23.7 Å². The van der Waals surface area contributed by atoms with Crippen LogP contribution in [0.3, 0.4) is 0 Å². The van der Waals surface area contributed by atoms with E-state index < -0.39 is 23.8 Å². The number of hydrogen-bond acceptors (Lipinski definition) is 5. The van der Waals surface area contributed by atoms with Crippen molar-refractivity contribution in [3.05, 3.63) is 65.7 Å². The average molecular weight is 410 g/mol. The Hall–Kier alpha value is -3.35. The van der Waals surface area contributed by atoms with Crippen LogP contribution in [0, 0.1) is 0 Å². The third kappa shape index (κ3) is 6.34. The minimum absolute atomic E-state index is 0.142. The summed E-state index contributed by atoms with van der Waals surface area (Å²) >= 11 is 0. The van der Waals surface area contributed by atoms with Gasteiger partial charge in [0.25, 0.3) is 5.91 Å². The van der Waals surface area contributed by atoms with Gasteiger partial charge in [-0.1, -0.05) is 36.4 Å². The zero-order valence-corrected chi connectivity index (χ0v) is 17.3. The maximum atomic E-state index is 12.8. The van der Waals surface area contributed by atoms with Crippen LogP contribution in [0.15, 0.2) is 54.6 Å². The Labute approximate surface area is 175 Å². The average Bonchev–Trinajstić information content (AvgIpc) is 3.49. The molecule has 0 unspecified atom stereocenters.